The van der Waals surface area contributed by atoms with Crippen LogP contribution in [0.2, 0.25) is 0 Å². The summed E-state index contributed by atoms with van der Waals surface area (Å²) in [6, 6.07) is 2.21. The predicted octanol–water partition coefficient (Wildman–Crippen LogP) is 2.42. The van der Waals surface area contributed by atoms with E-state index in [2.05, 4.69) is 6.07 Å². The Morgan fingerprint density at radius 2 is 1.68 bits per heavy atom. The van der Waals surface area contributed by atoms with Gasteiger partial charge in [-0.2, -0.15) is 5.26 Å². The van der Waals surface area contributed by atoms with E-state index in [0.717, 1.165) is 37.5 Å². The zero-order chi connectivity index (χ0) is 15.7. The van der Waals surface area contributed by atoms with E-state index in [9.17, 15) is 14.9 Å². The third-order valence-electron chi connectivity index (χ3n) is 5.64. The molecule has 0 N–H and O–H groups in total. The van der Waals surface area contributed by atoms with Gasteiger partial charge in [-0.1, -0.05) is 0 Å². The van der Waals surface area contributed by atoms with Crippen molar-refractivity contribution in [1.29, 1.82) is 5.26 Å². The van der Waals surface area contributed by atoms with E-state index in [1.54, 1.807) is 0 Å². The molecular formula is C16H20ClNO4. The molecule has 0 saturated heterocycles. The highest BCUT2D eigenvalue weighted by molar-refractivity contribution is 6.26. The summed E-state index contributed by atoms with van der Waals surface area (Å²) in [6.45, 7) is -0.426. The average molecular weight is 326 g/mol. The lowest BCUT2D eigenvalue weighted by molar-refractivity contribution is -0.211. The molecule has 120 valence electrons. The molecule has 0 radical (unpaired) electrons. The van der Waals surface area contributed by atoms with Crippen LogP contribution in [0.4, 0.5) is 0 Å². The number of alkyl halides is 1. The van der Waals surface area contributed by atoms with Gasteiger partial charge in [0.1, 0.15) is 11.5 Å². The molecule has 0 aliphatic heterocycles. The SMILES string of the molecule is N#CCC1(OC(=O)COC(=O)CCl)C2CC3CC(C2)CC1C3. The lowest BCUT2D eigenvalue weighted by atomic mass is 9.49. The van der Waals surface area contributed by atoms with Crippen molar-refractivity contribution >= 4 is 23.5 Å². The molecule has 0 spiro atoms. The Kier molecular flexibility index (Phi) is 4.31. The summed E-state index contributed by atoms with van der Waals surface area (Å²) in [5, 5.41) is 9.24. The molecule has 4 bridgehead atoms. The lowest BCUT2D eigenvalue weighted by Gasteiger charge is -2.59. The molecule has 4 aliphatic rings. The van der Waals surface area contributed by atoms with Crippen molar-refractivity contribution in [2.45, 2.75) is 44.1 Å². The van der Waals surface area contributed by atoms with Gasteiger partial charge in [-0.3, -0.25) is 4.79 Å². The Morgan fingerprint density at radius 1 is 1.09 bits per heavy atom. The maximum atomic E-state index is 12.1. The molecule has 0 aromatic carbocycles. The van der Waals surface area contributed by atoms with E-state index in [1.165, 1.54) is 6.42 Å². The molecule has 4 rings (SSSR count). The number of nitriles is 1. The third kappa shape index (κ3) is 2.69. The number of carbonyl (C=O) groups excluding carboxylic acids is 2. The fourth-order valence-corrected chi connectivity index (χ4v) is 5.09. The van der Waals surface area contributed by atoms with Crippen molar-refractivity contribution in [2.75, 3.05) is 12.5 Å². The Bertz CT molecular complexity index is 485. The average Bonchev–Trinajstić information content (AvgIpc) is 2.49. The number of hydrogen-bond donors (Lipinski definition) is 0. The molecule has 22 heavy (non-hydrogen) atoms. The molecule has 4 aliphatic carbocycles. The Morgan fingerprint density at radius 3 is 2.18 bits per heavy atom. The van der Waals surface area contributed by atoms with Crippen LogP contribution in [0.5, 0.6) is 0 Å². The number of halogens is 1. The molecule has 4 saturated carbocycles. The summed E-state index contributed by atoms with van der Waals surface area (Å²) >= 11 is 5.33. The first kappa shape index (κ1) is 15.6. The standard InChI is InChI=1S/C16H20ClNO4/c17-8-14(19)21-9-15(20)22-16(1-2-18)12-4-10-3-11(6-12)7-13(16)5-10/h10-13H,1,3-9H2. The van der Waals surface area contributed by atoms with Gasteiger partial charge in [0, 0.05) is 11.8 Å². The lowest BCUT2D eigenvalue weighted by Crippen LogP contribution is -2.59. The van der Waals surface area contributed by atoms with E-state index in [0.29, 0.717) is 0 Å². The van der Waals surface area contributed by atoms with Gasteiger partial charge in [0.2, 0.25) is 0 Å². The normalized spacial score (nSPS) is 38.4. The number of hydrogen-bond acceptors (Lipinski definition) is 5. The van der Waals surface area contributed by atoms with Gasteiger partial charge in [-0.25, -0.2) is 4.79 Å². The molecule has 5 nitrogen and oxygen atoms in total. The smallest absolute Gasteiger partial charge is 0.344 e. The molecular weight excluding hydrogens is 306 g/mol. The minimum absolute atomic E-state index is 0.233. The summed E-state index contributed by atoms with van der Waals surface area (Å²) in [5.41, 5.74) is -0.674. The van der Waals surface area contributed by atoms with Gasteiger partial charge in [0.25, 0.3) is 0 Å². The summed E-state index contributed by atoms with van der Waals surface area (Å²) < 4.78 is 10.5. The van der Waals surface area contributed by atoms with Crippen LogP contribution in [0.25, 0.3) is 0 Å². The zero-order valence-corrected chi connectivity index (χ0v) is 13.2. The molecule has 6 heteroatoms. The van der Waals surface area contributed by atoms with Crippen LogP contribution in [-0.4, -0.2) is 30.0 Å². The first-order valence-corrected chi connectivity index (χ1v) is 8.41. The predicted molar refractivity (Wildman–Crippen MR) is 77.8 cm³/mol. The van der Waals surface area contributed by atoms with Gasteiger partial charge < -0.3 is 9.47 Å². The Hall–Kier alpha value is -1.28. The van der Waals surface area contributed by atoms with E-state index in [1.807, 2.05) is 0 Å². The van der Waals surface area contributed by atoms with Crippen LogP contribution in [0, 0.1) is 35.0 Å². The van der Waals surface area contributed by atoms with Crippen LogP contribution in [0.3, 0.4) is 0 Å². The minimum atomic E-state index is -0.674. The van der Waals surface area contributed by atoms with Crippen molar-refractivity contribution in [2.24, 2.45) is 23.7 Å². The summed E-state index contributed by atoms with van der Waals surface area (Å²) in [4.78, 5) is 23.1. The van der Waals surface area contributed by atoms with E-state index in [-0.39, 0.29) is 24.1 Å². The summed E-state index contributed by atoms with van der Waals surface area (Å²) in [5.74, 6) is 0.501. The second-order valence-corrected chi connectivity index (χ2v) is 7.13. The van der Waals surface area contributed by atoms with Crippen LogP contribution < -0.4 is 0 Å². The van der Waals surface area contributed by atoms with Crippen molar-refractivity contribution in [1.82, 2.24) is 0 Å². The molecule has 0 amide bonds. The first-order valence-electron chi connectivity index (χ1n) is 7.87. The van der Waals surface area contributed by atoms with Gasteiger partial charge >= 0.3 is 11.9 Å². The number of rotatable bonds is 5. The highest BCUT2D eigenvalue weighted by Crippen LogP contribution is 2.60. The van der Waals surface area contributed by atoms with Crippen LogP contribution in [0.1, 0.15) is 38.5 Å². The fraction of sp³-hybridized carbons (Fsp3) is 0.812. The van der Waals surface area contributed by atoms with Crippen molar-refractivity contribution in [3.8, 4) is 6.07 Å². The van der Waals surface area contributed by atoms with E-state index < -0.39 is 24.1 Å². The summed E-state index contributed by atoms with van der Waals surface area (Å²) in [6.07, 6.45) is 5.70. The van der Waals surface area contributed by atoms with E-state index >= 15 is 0 Å². The zero-order valence-electron chi connectivity index (χ0n) is 12.4. The van der Waals surface area contributed by atoms with Crippen LogP contribution >= 0.6 is 11.6 Å². The molecule has 0 atom stereocenters. The number of esters is 2. The van der Waals surface area contributed by atoms with Crippen molar-refractivity contribution in [3.05, 3.63) is 0 Å². The first-order chi connectivity index (χ1) is 10.6. The monoisotopic (exact) mass is 325 g/mol. The second kappa shape index (κ2) is 6.08. The molecule has 0 aromatic heterocycles. The molecule has 4 fully saturated rings. The van der Waals surface area contributed by atoms with Crippen LogP contribution in [0.15, 0.2) is 0 Å². The fourth-order valence-electron chi connectivity index (χ4n) is 5.02. The highest BCUT2D eigenvalue weighted by Gasteiger charge is 2.59. The summed E-state index contributed by atoms with van der Waals surface area (Å²) in [7, 11) is 0. The number of ether oxygens (including phenoxy) is 2. The maximum Gasteiger partial charge on any atom is 0.344 e. The Balaban J connectivity index is 1.71. The number of nitrogens with zero attached hydrogens (tertiary/aromatic N) is 1. The Labute approximate surface area is 134 Å². The van der Waals surface area contributed by atoms with Crippen LogP contribution in [-0.2, 0) is 19.1 Å². The molecule has 0 heterocycles. The second-order valence-electron chi connectivity index (χ2n) is 6.86. The minimum Gasteiger partial charge on any atom is -0.455 e. The third-order valence-corrected chi connectivity index (χ3v) is 5.86. The molecule has 0 aromatic rings. The molecule has 0 unspecified atom stereocenters. The van der Waals surface area contributed by atoms with Gasteiger partial charge in [-0.15, -0.1) is 11.6 Å². The van der Waals surface area contributed by atoms with E-state index in [4.69, 9.17) is 21.1 Å². The number of carbonyl (C=O) groups is 2. The topological polar surface area (TPSA) is 76.4 Å². The van der Waals surface area contributed by atoms with Crippen molar-refractivity contribution in [3.63, 3.8) is 0 Å². The maximum absolute atomic E-state index is 12.1. The highest BCUT2D eigenvalue weighted by atomic mass is 35.5. The quantitative estimate of drug-likeness (QED) is 0.573. The van der Waals surface area contributed by atoms with Gasteiger partial charge in [0.05, 0.1) is 12.5 Å². The largest absolute Gasteiger partial charge is 0.455 e. The van der Waals surface area contributed by atoms with Gasteiger partial charge in [0.15, 0.2) is 6.61 Å². The van der Waals surface area contributed by atoms with Crippen molar-refractivity contribution < 1.29 is 19.1 Å². The van der Waals surface area contributed by atoms with Gasteiger partial charge in [-0.05, 0) is 43.9 Å².